The zero-order valence-corrected chi connectivity index (χ0v) is 19.3. The lowest BCUT2D eigenvalue weighted by molar-refractivity contribution is 0.0978. The second kappa shape index (κ2) is 8.37. The van der Waals surface area contributed by atoms with Gasteiger partial charge in [-0.15, -0.1) is 0 Å². The molecule has 0 spiro atoms. The normalized spacial score (nSPS) is 15.3. The summed E-state index contributed by atoms with van der Waals surface area (Å²) in [7, 11) is 1.81. The highest BCUT2D eigenvalue weighted by Crippen LogP contribution is 2.44. The SMILES string of the molecule is CNc1cc2nc(C)c(-c3cc(NC(=O)NCC4CC(C)(C)C4)c(F)cc3C)cc2cn1. The summed E-state index contributed by atoms with van der Waals surface area (Å²) in [5.74, 6) is 0.772. The predicted octanol–water partition coefficient (Wildman–Crippen LogP) is 5.65. The lowest BCUT2D eigenvalue weighted by atomic mass is 9.64. The number of pyridine rings is 2. The van der Waals surface area contributed by atoms with Gasteiger partial charge in [0.1, 0.15) is 11.6 Å². The lowest BCUT2D eigenvalue weighted by Crippen LogP contribution is -2.41. The fourth-order valence-electron chi connectivity index (χ4n) is 4.68. The van der Waals surface area contributed by atoms with Crippen LogP contribution in [0.4, 0.5) is 20.7 Å². The Morgan fingerprint density at radius 3 is 2.59 bits per heavy atom. The summed E-state index contributed by atoms with van der Waals surface area (Å²) in [6, 6.07) is 6.64. The fourth-order valence-corrected chi connectivity index (χ4v) is 4.68. The van der Waals surface area contributed by atoms with Crippen molar-refractivity contribution in [1.29, 1.82) is 0 Å². The molecule has 0 saturated heterocycles. The monoisotopic (exact) mass is 435 g/mol. The number of nitrogens with zero attached hydrogens (tertiary/aromatic N) is 2. The number of anilines is 2. The van der Waals surface area contributed by atoms with E-state index in [0.29, 0.717) is 17.9 Å². The van der Waals surface area contributed by atoms with Crippen LogP contribution >= 0.6 is 0 Å². The van der Waals surface area contributed by atoms with Crippen molar-refractivity contribution >= 4 is 28.4 Å². The van der Waals surface area contributed by atoms with Crippen LogP contribution in [-0.2, 0) is 0 Å². The molecule has 2 aromatic heterocycles. The molecular weight excluding hydrogens is 405 g/mol. The molecule has 1 aliphatic carbocycles. The smallest absolute Gasteiger partial charge is 0.319 e. The van der Waals surface area contributed by atoms with Gasteiger partial charge in [0.2, 0.25) is 0 Å². The number of nitrogens with one attached hydrogen (secondary N) is 3. The molecule has 3 N–H and O–H groups in total. The maximum absolute atomic E-state index is 14.6. The van der Waals surface area contributed by atoms with E-state index < -0.39 is 5.82 Å². The van der Waals surface area contributed by atoms with Crippen molar-refractivity contribution in [2.75, 3.05) is 24.2 Å². The van der Waals surface area contributed by atoms with Gasteiger partial charge in [-0.25, -0.2) is 14.2 Å². The number of carbonyl (C=O) groups is 1. The molecule has 1 saturated carbocycles. The van der Waals surface area contributed by atoms with E-state index in [2.05, 4.69) is 34.8 Å². The molecule has 32 heavy (non-hydrogen) atoms. The molecule has 1 aromatic carbocycles. The third-order valence-corrected chi connectivity index (χ3v) is 6.23. The topological polar surface area (TPSA) is 78.9 Å². The summed E-state index contributed by atoms with van der Waals surface area (Å²) in [6.07, 6.45) is 3.95. The molecule has 0 radical (unpaired) electrons. The van der Waals surface area contributed by atoms with E-state index in [0.717, 1.165) is 51.9 Å². The van der Waals surface area contributed by atoms with E-state index in [4.69, 9.17) is 4.98 Å². The van der Waals surface area contributed by atoms with Crippen molar-refractivity contribution in [3.63, 3.8) is 0 Å². The van der Waals surface area contributed by atoms with Crippen LogP contribution in [0.25, 0.3) is 22.0 Å². The predicted molar refractivity (Wildman–Crippen MR) is 127 cm³/mol. The number of aryl methyl sites for hydroxylation is 2. The van der Waals surface area contributed by atoms with Crippen LogP contribution < -0.4 is 16.0 Å². The van der Waals surface area contributed by atoms with Gasteiger partial charge in [-0.05, 0) is 67.3 Å². The van der Waals surface area contributed by atoms with E-state index in [9.17, 15) is 9.18 Å². The molecule has 0 unspecified atom stereocenters. The van der Waals surface area contributed by atoms with Gasteiger partial charge in [0, 0.05) is 42.5 Å². The number of hydrogen-bond donors (Lipinski definition) is 3. The van der Waals surface area contributed by atoms with E-state index in [1.165, 1.54) is 6.07 Å². The first-order valence-electron chi connectivity index (χ1n) is 11.0. The van der Waals surface area contributed by atoms with Crippen LogP contribution in [0.5, 0.6) is 0 Å². The summed E-state index contributed by atoms with van der Waals surface area (Å²) in [5, 5.41) is 9.46. The summed E-state index contributed by atoms with van der Waals surface area (Å²) >= 11 is 0. The summed E-state index contributed by atoms with van der Waals surface area (Å²) in [4.78, 5) is 21.5. The molecule has 6 nitrogen and oxygen atoms in total. The molecule has 0 aliphatic heterocycles. The van der Waals surface area contributed by atoms with Gasteiger partial charge < -0.3 is 16.0 Å². The Bertz CT molecular complexity index is 1180. The third kappa shape index (κ3) is 4.52. The summed E-state index contributed by atoms with van der Waals surface area (Å²) in [6.45, 7) is 8.84. The Morgan fingerprint density at radius 1 is 1.16 bits per heavy atom. The molecule has 1 fully saturated rings. The maximum atomic E-state index is 14.6. The van der Waals surface area contributed by atoms with Crippen LogP contribution in [0.3, 0.4) is 0 Å². The number of aromatic nitrogens is 2. The molecule has 4 rings (SSSR count). The lowest BCUT2D eigenvalue weighted by Gasteiger charge is -2.42. The van der Waals surface area contributed by atoms with E-state index >= 15 is 0 Å². The zero-order chi connectivity index (χ0) is 23.0. The molecule has 0 bridgehead atoms. The number of halogens is 1. The van der Waals surface area contributed by atoms with Crippen molar-refractivity contribution in [1.82, 2.24) is 15.3 Å². The van der Waals surface area contributed by atoms with Crippen molar-refractivity contribution in [3.8, 4) is 11.1 Å². The molecule has 7 heteroatoms. The Kier molecular flexibility index (Phi) is 5.75. The minimum Gasteiger partial charge on any atom is -0.373 e. The Hall–Kier alpha value is -3.22. The number of hydrogen-bond acceptors (Lipinski definition) is 4. The van der Waals surface area contributed by atoms with Crippen LogP contribution in [0, 0.1) is 31.0 Å². The van der Waals surface area contributed by atoms with Crippen LogP contribution in [-0.4, -0.2) is 29.6 Å². The first-order chi connectivity index (χ1) is 15.1. The first kappa shape index (κ1) is 22.0. The highest BCUT2D eigenvalue weighted by molar-refractivity contribution is 5.92. The summed E-state index contributed by atoms with van der Waals surface area (Å²) in [5.41, 5.74) is 4.65. The highest BCUT2D eigenvalue weighted by Gasteiger charge is 2.35. The Balaban J connectivity index is 1.57. The number of fused-ring (bicyclic) bond motifs is 1. The second-order valence-corrected chi connectivity index (χ2v) is 9.55. The van der Waals surface area contributed by atoms with Crippen molar-refractivity contribution in [2.24, 2.45) is 11.3 Å². The third-order valence-electron chi connectivity index (χ3n) is 6.23. The largest absolute Gasteiger partial charge is 0.373 e. The molecular formula is C25H30FN5O. The first-order valence-corrected chi connectivity index (χ1v) is 11.0. The van der Waals surface area contributed by atoms with Gasteiger partial charge in [-0.3, -0.25) is 4.98 Å². The van der Waals surface area contributed by atoms with Gasteiger partial charge in [-0.1, -0.05) is 13.8 Å². The van der Waals surface area contributed by atoms with Gasteiger partial charge in [0.05, 0.1) is 11.2 Å². The molecule has 2 heterocycles. The molecule has 2 amide bonds. The molecule has 168 valence electrons. The van der Waals surface area contributed by atoms with E-state index in [-0.39, 0.29) is 11.7 Å². The average molecular weight is 436 g/mol. The van der Waals surface area contributed by atoms with Crippen LogP contribution in [0.1, 0.15) is 37.9 Å². The fraction of sp³-hybridized carbons (Fsp3) is 0.400. The van der Waals surface area contributed by atoms with Gasteiger partial charge >= 0.3 is 6.03 Å². The van der Waals surface area contributed by atoms with Crippen LogP contribution in [0.15, 0.2) is 30.5 Å². The van der Waals surface area contributed by atoms with Gasteiger partial charge in [0.15, 0.2) is 0 Å². The minimum absolute atomic E-state index is 0.153. The average Bonchev–Trinajstić information content (AvgIpc) is 2.72. The summed E-state index contributed by atoms with van der Waals surface area (Å²) < 4.78 is 14.6. The number of amides is 2. The number of benzene rings is 1. The number of urea groups is 1. The van der Waals surface area contributed by atoms with E-state index in [1.54, 1.807) is 12.3 Å². The standard InChI is InChI=1S/C25H30FN5O/c1-14-6-20(26)22(31-24(32)29-12-16-10-25(3,4)11-16)8-18(14)19-7-17-13-28-23(27-5)9-21(17)30-15(19)2/h6-9,13,16H,10-12H2,1-5H3,(H,27,28)(H2,29,31,32). The number of carbonyl (C=O) groups excluding carboxylic acids is 1. The zero-order valence-electron chi connectivity index (χ0n) is 19.3. The molecule has 0 atom stereocenters. The Labute approximate surface area is 188 Å². The van der Waals surface area contributed by atoms with Crippen LogP contribution in [0.2, 0.25) is 0 Å². The highest BCUT2D eigenvalue weighted by atomic mass is 19.1. The Morgan fingerprint density at radius 2 is 1.91 bits per heavy atom. The van der Waals surface area contributed by atoms with Crippen molar-refractivity contribution in [2.45, 2.75) is 40.5 Å². The minimum atomic E-state index is -0.460. The van der Waals surface area contributed by atoms with Crippen molar-refractivity contribution < 1.29 is 9.18 Å². The molecule has 1 aliphatic rings. The second-order valence-electron chi connectivity index (χ2n) is 9.55. The van der Waals surface area contributed by atoms with Gasteiger partial charge in [-0.2, -0.15) is 0 Å². The van der Waals surface area contributed by atoms with Gasteiger partial charge in [0.25, 0.3) is 0 Å². The quantitative estimate of drug-likeness (QED) is 0.484. The number of rotatable bonds is 5. The van der Waals surface area contributed by atoms with E-state index in [1.807, 2.05) is 33.0 Å². The van der Waals surface area contributed by atoms with Crippen molar-refractivity contribution in [3.05, 3.63) is 47.5 Å². The molecule has 3 aromatic rings. The maximum Gasteiger partial charge on any atom is 0.319 e.